The molecule has 0 saturated carbocycles. The molecular formula is C11H23N5S. The molecular weight excluding hydrogens is 234 g/mol. The lowest BCUT2D eigenvalue weighted by Crippen LogP contribution is -2.26. The summed E-state index contributed by atoms with van der Waals surface area (Å²) >= 11 is 1.63. The van der Waals surface area contributed by atoms with Crippen molar-refractivity contribution in [2.45, 2.75) is 19.9 Å². The van der Waals surface area contributed by atoms with E-state index in [9.17, 15) is 0 Å². The van der Waals surface area contributed by atoms with Gasteiger partial charge in [0.05, 0.1) is 6.54 Å². The molecule has 1 heterocycles. The second-order valence-electron chi connectivity index (χ2n) is 4.28. The average molecular weight is 257 g/mol. The summed E-state index contributed by atoms with van der Waals surface area (Å²) in [5.41, 5.74) is 0. The Bertz CT molecular complexity index is 313. The molecule has 0 saturated heterocycles. The Hall–Kier alpha value is -0.720. The number of aromatic nitrogens is 2. The van der Waals surface area contributed by atoms with E-state index >= 15 is 0 Å². The minimum absolute atomic E-state index is 0.893. The van der Waals surface area contributed by atoms with E-state index in [0.29, 0.717) is 0 Å². The molecule has 0 radical (unpaired) electrons. The normalized spacial score (nSPS) is 11.4. The quantitative estimate of drug-likeness (QED) is 0.761. The van der Waals surface area contributed by atoms with Crippen molar-refractivity contribution in [1.82, 2.24) is 20.0 Å². The van der Waals surface area contributed by atoms with Crippen molar-refractivity contribution >= 4 is 16.5 Å². The predicted octanol–water partition coefficient (Wildman–Crippen LogP) is 1.35. The lowest BCUT2D eigenvalue weighted by Gasteiger charge is -2.19. The van der Waals surface area contributed by atoms with Gasteiger partial charge in [-0.3, -0.25) is 4.90 Å². The van der Waals surface area contributed by atoms with Gasteiger partial charge in [-0.05, 0) is 40.2 Å². The Labute approximate surface area is 108 Å². The second-order valence-corrected chi connectivity index (χ2v) is 5.34. The van der Waals surface area contributed by atoms with Crippen LogP contribution in [0.1, 0.15) is 18.4 Å². The van der Waals surface area contributed by atoms with Crippen molar-refractivity contribution < 1.29 is 0 Å². The molecule has 0 bridgehead atoms. The van der Waals surface area contributed by atoms with Crippen molar-refractivity contribution in [2.24, 2.45) is 0 Å². The zero-order valence-electron chi connectivity index (χ0n) is 11.2. The van der Waals surface area contributed by atoms with Gasteiger partial charge in [0.2, 0.25) is 5.13 Å². The molecule has 1 aromatic heterocycles. The van der Waals surface area contributed by atoms with E-state index in [4.69, 9.17) is 0 Å². The Kier molecular flexibility index (Phi) is 6.39. The Morgan fingerprint density at radius 2 is 2.00 bits per heavy atom. The lowest BCUT2D eigenvalue weighted by molar-refractivity contribution is 0.258. The molecule has 0 atom stereocenters. The molecule has 98 valence electrons. The molecule has 0 aliphatic rings. The summed E-state index contributed by atoms with van der Waals surface area (Å²) in [6, 6.07) is 0. The first-order chi connectivity index (χ1) is 8.15. The van der Waals surface area contributed by atoms with Crippen LogP contribution in [0.25, 0.3) is 0 Å². The fourth-order valence-electron chi connectivity index (χ4n) is 1.57. The number of nitrogens with zero attached hydrogens (tertiary/aromatic N) is 4. The number of hydrogen-bond donors (Lipinski definition) is 1. The number of rotatable bonds is 8. The summed E-state index contributed by atoms with van der Waals surface area (Å²) in [4.78, 5) is 4.63. The minimum Gasteiger partial charge on any atom is -0.363 e. The van der Waals surface area contributed by atoms with Crippen molar-refractivity contribution in [3.05, 3.63) is 5.01 Å². The van der Waals surface area contributed by atoms with E-state index in [0.717, 1.165) is 36.3 Å². The summed E-state index contributed by atoms with van der Waals surface area (Å²) in [6.07, 6.45) is 1.19. The molecule has 0 aliphatic heterocycles. The van der Waals surface area contributed by atoms with E-state index in [2.05, 4.69) is 46.3 Å². The van der Waals surface area contributed by atoms with Gasteiger partial charge >= 0.3 is 0 Å². The standard InChI is InChI=1S/C11H23N5S/c1-5-16(8-6-7-15(3)4)9-10-13-14-11(12-2)17-10/h5-9H2,1-4H3,(H,12,14). The number of nitrogens with one attached hydrogen (secondary N) is 1. The first kappa shape index (κ1) is 14.3. The van der Waals surface area contributed by atoms with Gasteiger partial charge in [-0.15, -0.1) is 10.2 Å². The van der Waals surface area contributed by atoms with Gasteiger partial charge in [0.25, 0.3) is 0 Å². The number of hydrogen-bond acceptors (Lipinski definition) is 6. The molecule has 0 unspecified atom stereocenters. The van der Waals surface area contributed by atoms with Gasteiger partial charge in [-0.2, -0.15) is 0 Å². The maximum atomic E-state index is 4.17. The molecule has 0 spiro atoms. The highest BCUT2D eigenvalue weighted by Crippen LogP contribution is 2.16. The smallest absolute Gasteiger partial charge is 0.205 e. The highest BCUT2D eigenvalue weighted by Gasteiger charge is 2.08. The van der Waals surface area contributed by atoms with Crippen molar-refractivity contribution in [3.8, 4) is 0 Å². The molecule has 1 rings (SSSR count). The van der Waals surface area contributed by atoms with Crippen molar-refractivity contribution in [1.29, 1.82) is 0 Å². The van der Waals surface area contributed by atoms with Gasteiger partial charge in [-0.1, -0.05) is 18.3 Å². The van der Waals surface area contributed by atoms with Crippen LogP contribution in [0.3, 0.4) is 0 Å². The van der Waals surface area contributed by atoms with Gasteiger partial charge in [0.1, 0.15) is 5.01 Å². The van der Waals surface area contributed by atoms with Crippen LogP contribution in [0.5, 0.6) is 0 Å². The topological polar surface area (TPSA) is 44.3 Å². The molecule has 0 aromatic carbocycles. The maximum Gasteiger partial charge on any atom is 0.205 e. The highest BCUT2D eigenvalue weighted by molar-refractivity contribution is 7.15. The van der Waals surface area contributed by atoms with Gasteiger partial charge < -0.3 is 10.2 Å². The third-order valence-corrected chi connectivity index (χ3v) is 3.49. The Balaban J connectivity index is 2.35. The molecule has 6 heteroatoms. The summed E-state index contributed by atoms with van der Waals surface area (Å²) in [6.45, 7) is 6.40. The zero-order valence-corrected chi connectivity index (χ0v) is 12.0. The summed E-state index contributed by atoms with van der Waals surface area (Å²) in [5.74, 6) is 0. The van der Waals surface area contributed by atoms with E-state index in [-0.39, 0.29) is 0 Å². The molecule has 1 aromatic rings. The lowest BCUT2D eigenvalue weighted by atomic mass is 10.3. The molecule has 17 heavy (non-hydrogen) atoms. The predicted molar refractivity (Wildman–Crippen MR) is 73.6 cm³/mol. The van der Waals surface area contributed by atoms with Crippen LogP contribution in [0.2, 0.25) is 0 Å². The van der Waals surface area contributed by atoms with Crippen LogP contribution in [0.15, 0.2) is 0 Å². The molecule has 0 aliphatic carbocycles. The molecule has 5 nitrogen and oxygen atoms in total. The first-order valence-corrected chi connectivity index (χ1v) is 6.84. The van der Waals surface area contributed by atoms with Crippen LogP contribution in [-0.4, -0.2) is 60.8 Å². The van der Waals surface area contributed by atoms with E-state index in [1.54, 1.807) is 11.3 Å². The zero-order chi connectivity index (χ0) is 12.7. The summed E-state index contributed by atoms with van der Waals surface area (Å²) < 4.78 is 0. The summed E-state index contributed by atoms with van der Waals surface area (Å²) in [7, 11) is 6.10. The summed E-state index contributed by atoms with van der Waals surface area (Å²) in [5, 5.41) is 13.2. The number of anilines is 1. The van der Waals surface area contributed by atoms with Gasteiger partial charge in [0.15, 0.2) is 0 Å². The SMILES string of the molecule is CCN(CCCN(C)C)Cc1nnc(NC)s1. The molecule has 1 N–H and O–H groups in total. The van der Waals surface area contributed by atoms with Gasteiger partial charge in [0, 0.05) is 7.05 Å². The van der Waals surface area contributed by atoms with Crippen LogP contribution >= 0.6 is 11.3 Å². The Morgan fingerprint density at radius 3 is 2.53 bits per heavy atom. The molecule has 0 amide bonds. The van der Waals surface area contributed by atoms with Crippen molar-refractivity contribution in [2.75, 3.05) is 46.1 Å². The van der Waals surface area contributed by atoms with Crippen LogP contribution in [0, 0.1) is 0 Å². The fourth-order valence-corrected chi connectivity index (χ4v) is 2.31. The van der Waals surface area contributed by atoms with Crippen molar-refractivity contribution in [3.63, 3.8) is 0 Å². The largest absolute Gasteiger partial charge is 0.363 e. The van der Waals surface area contributed by atoms with E-state index in [1.165, 1.54) is 6.42 Å². The van der Waals surface area contributed by atoms with Crippen LogP contribution in [0.4, 0.5) is 5.13 Å². The van der Waals surface area contributed by atoms with E-state index in [1.807, 2.05) is 7.05 Å². The molecule has 0 fully saturated rings. The maximum absolute atomic E-state index is 4.17. The fraction of sp³-hybridized carbons (Fsp3) is 0.818. The first-order valence-electron chi connectivity index (χ1n) is 6.03. The van der Waals surface area contributed by atoms with Crippen LogP contribution < -0.4 is 5.32 Å². The second kappa shape index (κ2) is 7.58. The average Bonchev–Trinajstić information content (AvgIpc) is 2.75. The van der Waals surface area contributed by atoms with Gasteiger partial charge in [-0.25, -0.2) is 0 Å². The monoisotopic (exact) mass is 257 g/mol. The van der Waals surface area contributed by atoms with E-state index < -0.39 is 0 Å². The Morgan fingerprint density at radius 1 is 1.24 bits per heavy atom. The third kappa shape index (κ3) is 5.43. The third-order valence-electron chi connectivity index (χ3n) is 2.57. The highest BCUT2D eigenvalue weighted by atomic mass is 32.1. The minimum atomic E-state index is 0.893. The van der Waals surface area contributed by atoms with Crippen LogP contribution in [-0.2, 0) is 6.54 Å².